The highest BCUT2D eigenvalue weighted by molar-refractivity contribution is 5.70. The van der Waals surface area contributed by atoms with Crippen LogP contribution in [0.25, 0.3) is 11.1 Å². The van der Waals surface area contributed by atoms with E-state index >= 15 is 0 Å². The van der Waals surface area contributed by atoms with Crippen LogP contribution in [-0.4, -0.2) is 33.9 Å². The van der Waals surface area contributed by atoms with Crippen molar-refractivity contribution in [1.82, 2.24) is 14.5 Å². The number of imidazole rings is 1. The number of nitrogens with one attached hydrogen (secondary N) is 1. The fourth-order valence-electron chi connectivity index (χ4n) is 4.04. The predicted molar refractivity (Wildman–Crippen MR) is 118 cm³/mol. The SMILES string of the molecule is O=c1n(CCCCNCCOc2ccccc2-c2ccccc2)c(O)c2n1CCC2. The molecule has 1 aliphatic heterocycles. The average Bonchev–Trinajstić information content (AvgIpc) is 3.35. The summed E-state index contributed by atoms with van der Waals surface area (Å²) in [6.45, 7) is 3.49. The van der Waals surface area contributed by atoms with Gasteiger partial charge in [-0.2, -0.15) is 0 Å². The second-order valence-corrected chi connectivity index (χ2v) is 7.63. The molecular formula is C24H29N3O3. The molecule has 0 saturated heterocycles. The third kappa shape index (κ3) is 4.44. The average molecular weight is 408 g/mol. The molecule has 158 valence electrons. The van der Waals surface area contributed by atoms with Gasteiger partial charge in [-0.25, -0.2) is 4.79 Å². The maximum absolute atomic E-state index is 12.3. The molecule has 0 atom stereocenters. The van der Waals surface area contributed by atoms with Crippen LogP contribution in [0.5, 0.6) is 11.6 Å². The van der Waals surface area contributed by atoms with Gasteiger partial charge in [0, 0.05) is 25.2 Å². The Balaban J connectivity index is 1.17. The number of hydrogen-bond acceptors (Lipinski definition) is 4. The number of aromatic hydroxyl groups is 1. The van der Waals surface area contributed by atoms with E-state index in [0.717, 1.165) is 67.9 Å². The number of unbranched alkanes of at least 4 members (excludes halogenated alkanes) is 1. The topological polar surface area (TPSA) is 68.4 Å². The first-order chi connectivity index (χ1) is 14.8. The number of fused-ring (bicyclic) bond motifs is 1. The first-order valence-electron chi connectivity index (χ1n) is 10.7. The zero-order valence-corrected chi connectivity index (χ0v) is 17.2. The van der Waals surface area contributed by atoms with E-state index in [0.29, 0.717) is 13.2 Å². The van der Waals surface area contributed by atoms with Crippen LogP contribution in [0.4, 0.5) is 0 Å². The van der Waals surface area contributed by atoms with Gasteiger partial charge in [0.1, 0.15) is 12.4 Å². The maximum Gasteiger partial charge on any atom is 0.331 e. The molecule has 1 aromatic heterocycles. The van der Waals surface area contributed by atoms with Crippen molar-refractivity contribution in [2.75, 3.05) is 19.7 Å². The minimum Gasteiger partial charge on any atom is -0.493 e. The number of hydrogen-bond donors (Lipinski definition) is 2. The molecule has 0 aliphatic carbocycles. The maximum atomic E-state index is 12.3. The quantitative estimate of drug-likeness (QED) is 0.506. The van der Waals surface area contributed by atoms with E-state index in [-0.39, 0.29) is 11.6 Å². The Labute approximate surface area is 176 Å². The van der Waals surface area contributed by atoms with Gasteiger partial charge in [0.2, 0.25) is 5.88 Å². The van der Waals surface area contributed by atoms with Crippen molar-refractivity contribution in [3.63, 3.8) is 0 Å². The lowest BCUT2D eigenvalue weighted by Crippen LogP contribution is -2.25. The van der Waals surface area contributed by atoms with E-state index in [1.807, 2.05) is 36.4 Å². The minimum atomic E-state index is -0.0709. The molecule has 0 radical (unpaired) electrons. The third-order valence-electron chi connectivity index (χ3n) is 5.59. The molecule has 3 aromatic rings. The van der Waals surface area contributed by atoms with E-state index in [2.05, 4.69) is 23.5 Å². The Bertz CT molecular complexity index is 1020. The van der Waals surface area contributed by atoms with Crippen molar-refractivity contribution < 1.29 is 9.84 Å². The molecule has 6 heteroatoms. The molecule has 0 saturated carbocycles. The summed E-state index contributed by atoms with van der Waals surface area (Å²) < 4.78 is 9.21. The molecule has 1 aliphatic rings. The molecule has 0 bridgehead atoms. The summed E-state index contributed by atoms with van der Waals surface area (Å²) in [5.41, 5.74) is 2.98. The summed E-state index contributed by atoms with van der Waals surface area (Å²) in [4.78, 5) is 12.3. The van der Waals surface area contributed by atoms with Gasteiger partial charge in [-0.05, 0) is 43.9 Å². The molecule has 2 N–H and O–H groups in total. The molecule has 4 rings (SSSR count). The van der Waals surface area contributed by atoms with Crippen molar-refractivity contribution in [3.05, 3.63) is 70.8 Å². The summed E-state index contributed by atoms with van der Waals surface area (Å²) >= 11 is 0. The molecule has 0 spiro atoms. The van der Waals surface area contributed by atoms with Crippen molar-refractivity contribution in [2.45, 2.75) is 38.8 Å². The number of benzene rings is 2. The van der Waals surface area contributed by atoms with Crippen LogP contribution in [0, 0.1) is 0 Å². The summed E-state index contributed by atoms with van der Waals surface area (Å²) in [5.74, 6) is 1.05. The lowest BCUT2D eigenvalue weighted by atomic mass is 10.1. The van der Waals surface area contributed by atoms with Gasteiger partial charge in [-0.15, -0.1) is 0 Å². The van der Waals surface area contributed by atoms with Crippen LogP contribution in [0.15, 0.2) is 59.4 Å². The molecular weight excluding hydrogens is 378 g/mol. The van der Waals surface area contributed by atoms with Gasteiger partial charge in [0.05, 0.1) is 5.69 Å². The number of nitrogens with zero attached hydrogens (tertiary/aromatic N) is 2. The highest BCUT2D eigenvalue weighted by Crippen LogP contribution is 2.29. The highest BCUT2D eigenvalue weighted by Gasteiger charge is 2.22. The van der Waals surface area contributed by atoms with Crippen molar-refractivity contribution >= 4 is 0 Å². The van der Waals surface area contributed by atoms with E-state index in [4.69, 9.17) is 4.74 Å². The molecule has 6 nitrogen and oxygen atoms in total. The zero-order valence-electron chi connectivity index (χ0n) is 17.2. The lowest BCUT2D eigenvalue weighted by Gasteiger charge is -2.12. The summed E-state index contributed by atoms with van der Waals surface area (Å²) in [7, 11) is 0. The summed E-state index contributed by atoms with van der Waals surface area (Å²) in [6.07, 6.45) is 3.53. The van der Waals surface area contributed by atoms with Gasteiger partial charge < -0.3 is 15.2 Å². The van der Waals surface area contributed by atoms with Gasteiger partial charge in [0.15, 0.2) is 0 Å². The summed E-state index contributed by atoms with van der Waals surface area (Å²) in [6, 6.07) is 18.3. The minimum absolute atomic E-state index is 0.0709. The second-order valence-electron chi connectivity index (χ2n) is 7.63. The normalized spacial score (nSPS) is 12.8. The van der Waals surface area contributed by atoms with Crippen LogP contribution in [0.3, 0.4) is 0 Å². The molecule has 2 aromatic carbocycles. The Hall–Kier alpha value is -2.99. The Morgan fingerprint density at radius 2 is 1.80 bits per heavy atom. The first kappa shape index (κ1) is 20.3. The fraction of sp³-hybridized carbons (Fsp3) is 0.375. The van der Waals surface area contributed by atoms with Gasteiger partial charge >= 0.3 is 5.69 Å². The van der Waals surface area contributed by atoms with Crippen LogP contribution in [0.1, 0.15) is 25.0 Å². The van der Waals surface area contributed by atoms with Gasteiger partial charge in [-0.1, -0.05) is 48.5 Å². The number of aromatic nitrogens is 2. The zero-order chi connectivity index (χ0) is 20.8. The van der Waals surface area contributed by atoms with Crippen molar-refractivity contribution in [3.8, 4) is 22.8 Å². The van der Waals surface area contributed by atoms with Gasteiger partial charge in [-0.3, -0.25) is 9.13 Å². The first-order valence-corrected chi connectivity index (χ1v) is 10.7. The van der Waals surface area contributed by atoms with Crippen molar-refractivity contribution in [1.29, 1.82) is 0 Å². The van der Waals surface area contributed by atoms with Crippen LogP contribution in [-0.2, 0) is 19.5 Å². The Morgan fingerprint density at radius 1 is 1.00 bits per heavy atom. The second kappa shape index (κ2) is 9.67. The number of rotatable bonds is 10. The van der Waals surface area contributed by atoms with Crippen molar-refractivity contribution in [2.24, 2.45) is 0 Å². The molecule has 0 fully saturated rings. The smallest absolute Gasteiger partial charge is 0.331 e. The fourth-order valence-corrected chi connectivity index (χ4v) is 4.04. The Morgan fingerprint density at radius 3 is 2.63 bits per heavy atom. The highest BCUT2D eigenvalue weighted by atomic mass is 16.5. The third-order valence-corrected chi connectivity index (χ3v) is 5.59. The molecule has 0 unspecified atom stereocenters. The van der Waals surface area contributed by atoms with Crippen LogP contribution < -0.4 is 15.7 Å². The predicted octanol–water partition coefficient (Wildman–Crippen LogP) is 3.42. The lowest BCUT2D eigenvalue weighted by molar-refractivity contribution is 0.314. The molecule has 2 heterocycles. The Kier molecular flexibility index (Phi) is 6.54. The summed E-state index contributed by atoms with van der Waals surface area (Å²) in [5, 5.41) is 13.6. The number of para-hydroxylation sites is 1. The van der Waals surface area contributed by atoms with Crippen LogP contribution in [0.2, 0.25) is 0 Å². The van der Waals surface area contributed by atoms with E-state index in [1.54, 1.807) is 4.57 Å². The van der Waals surface area contributed by atoms with E-state index < -0.39 is 0 Å². The van der Waals surface area contributed by atoms with E-state index in [9.17, 15) is 9.90 Å². The standard InChI is InChI=1S/C24H29N3O3/c28-23-21-12-8-17-26(21)24(29)27(23)16-7-6-14-25-15-18-30-22-13-5-4-11-20(22)19-9-2-1-3-10-19/h1-5,9-11,13,25,28H,6-8,12,14-18H2. The number of ether oxygens (including phenoxy) is 1. The monoisotopic (exact) mass is 407 g/mol. The van der Waals surface area contributed by atoms with E-state index in [1.165, 1.54) is 4.57 Å². The molecule has 30 heavy (non-hydrogen) atoms. The molecule has 0 amide bonds. The van der Waals surface area contributed by atoms with Gasteiger partial charge in [0.25, 0.3) is 0 Å². The van der Waals surface area contributed by atoms with Crippen LogP contribution >= 0.6 is 0 Å². The largest absolute Gasteiger partial charge is 0.493 e.